The Morgan fingerprint density at radius 1 is 1.29 bits per heavy atom. The van der Waals surface area contributed by atoms with Crippen LogP contribution in [-0.4, -0.2) is 13.7 Å². The van der Waals surface area contributed by atoms with Gasteiger partial charge >= 0.3 is 0 Å². The molecule has 0 spiro atoms. The van der Waals surface area contributed by atoms with Crippen molar-refractivity contribution in [2.45, 2.75) is 12.8 Å². The van der Waals surface area contributed by atoms with Gasteiger partial charge in [-0.25, -0.2) is 0 Å². The molecule has 2 aromatic rings. The summed E-state index contributed by atoms with van der Waals surface area (Å²) < 4.78 is 5.25. The number of methoxy groups -OCH3 is 1. The molecule has 90 valence electrons. The predicted molar refractivity (Wildman–Crippen MR) is 72.9 cm³/mol. The molecule has 2 N–H and O–H groups in total. The SMILES string of the molecule is COc1cccc(C(CN)c2ccc(C)s2)c1. The first-order valence-electron chi connectivity index (χ1n) is 5.65. The molecule has 17 heavy (non-hydrogen) atoms. The summed E-state index contributed by atoms with van der Waals surface area (Å²) >= 11 is 1.81. The molecule has 1 atom stereocenters. The fourth-order valence-corrected chi connectivity index (χ4v) is 2.93. The van der Waals surface area contributed by atoms with E-state index in [9.17, 15) is 0 Å². The highest BCUT2D eigenvalue weighted by Gasteiger charge is 2.14. The quantitative estimate of drug-likeness (QED) is 0.900. The zero-order valence-electron chi connectivity index (χ0n) is 10.1. The Bertz CT molecular complexity index is 492. The molecule has 0 saturated heterocycles. The molecule has 3 heteroatoms. The van der Waals surface area contributed by atoms with E-state index in [2.05, 4.69) is 31.2 Å². The van der Waals surface area contributed by atoms with Crippen molar-refractivity contribution in [3.8, 4) is 5.75 Å². The van der Waals surface area contributed by atoms with E-state index in [-0.39, 0.29) is 5.92 Å². The molecule has 2 nitrogen and oxygen atoms in total. The van der Waals surface area contributed by atoms with Gasteiger partial charge in [0.2, 0.25) is 0 Å². The third kappa shape index (κ3) is 2.68. The van der Waals surface area contributed by atoms with Gasteiger partial charge in [0, 0.05) is 22.2 Å². The Balaban J connectivity index is 2.34. The van der Waals surface area contributed by atoms with Crippen molar-refractivity contribution in [2.24, 2.45) is 5.73 Å². The second kappa shape index (κ2) is 5.34. The topological polar surface area (TPSA) is 35.2 Å². The van der Waals surface area contributed by atoms with Gasteiger partial charge in [0.15, 0.2) is 0 Å². The number of rotatable bonds is 4. The van der Waals surface area contributed by atoms with Crippen LogP contribution in [0.1, 0.15) is 21.2 Å². The van der Waals surface area contributed by atoms with Crippen LogP contribution in [0.4, 0.5) is 0 Å². The number of nitrogens with two attached hydrogens (primary N) is 1. The largest absolute Gasteiger partial charge is 0.497 e. The minimum Gasteiger partial charge on any atom is -0.497 e. The van der Waals surface area contributed by atoms with Crippen LogP contribution in [0.2, 0.25) is 0 Å². The summed E-state index contributed by atoms with van der Waals surface area (Å²) in [6.45, 7) is 2.74. The van der Waals surface area contributed by atoms with Gasteiger partial charge in [-0.3, -0.25) is 0 Å². The molecule has 0 fully saturated rings. The number of hydrogen-bond acceptors (Lipinski definition) is 3. The molecular formula is C14H17NOS. The van der Waals surface area contributed by atoms with Gasteiger partial charge in [0.1, 0.15) is 5.75 Å². The van der Waals surface area contributed by atoms with Gasteiger partial charge in [-0.15, -0.1) is 11.3 Å². The Kier molecular flexibility index (Phi) is 3.82. The molecule has 0 amide bonds. The minimum absolute atomic E-state index is 0.267. The van der Waals surface area contributed by atoms with Crippen molar-refractivity contribution in [2.75, 3.05) is 13.7 Å². The number of hydrogen-bond donors (Lipinski definition) is 1. The highest BCUT2D eigenvalue weighted by atomic mass is 32.1. The van der Waals surface area contributed by atoms with E-state index < -0.39 is 0 Å². The first kappa shape index (κ1) is 12.1. The smallest absolute Gasteiger partial charge is 0.119 e. The Morgan fingerprint density at radius 2 is 2.12 bits per heavy atom. The van der Waals surface area contributed by atoms with E-state index in [4.69, 9.17) is 10.5 Å². The van der Waals surface area contributed by atoms with Gasteiger partial charge in [0.25, 0.3) is 0 Å². The Hall–Kier alpha value is -1.32. The maximum atomic E-state index is 5.90. The molecule has 0 aliphatic rings. The average molecular weight is 247 g/mol. The molecule has 2 rings (SSSR count). The summed E-state index contributed by atoms with van der Waals surface area (Å²) in [5.74, 6) is 1.15. The first-order chi connectivity index (χ1) is 8.24. The Morgan fingerprint density at radius 3 is 2.71 bits per heavy atom. The normalized spacial score (nSPS) is 12.4. The van der Waals surface area contributed by atoms with Gasteiger partial charge in [0.05, 0.1) is 7.11 Å². The molecule has 0 aliphatic heterocycles. The number of aryl methyl sites for hydroxylation is 1. The maximum absolute atomic E-state index is 5.90. The first-order valence-corrected chi connectivity index (χ1v) is 6.46. The fraction of sp³-hybridized carbons (Fsp3) is 0.286. The Labute approximate surface area is 106 Å². The summed E-state index contributed by atoms with van der Waals surface area (Å²) in [5.41, 5.74) is 7.12. The van der Waals surface area contributed by atoms with Crippen molar-refractivity contribution in [3.05, 3.63) is 51.7 Å². The molecule has 1 aromatic heterocycles. The van der Waals surface area contributed by atoms with Crippen LogP contribution in [0, 0.1) is 6.92 Å². The van der Waals surface area contributed by atoms with Crippen LogP contribution in [0.15, 0.2) is 36.4 Å². The van der Waals surface area contributed by atoms with Crippen LogP contribution in [0.3, 0.4) is 0 Å². The van der Waals surface area contributed by atoms with Gasteiger partial charge in [-0.2, -0.15) is 0 Å². The van der Waals surface area contributed by atoms with Gasteiger partial charge in [-0.05, 0) is 36.8 Å². The van der Waals surface area contributed by atoms with Crippen molar-refractivity contribution >= 4 is 11.3 Å². The standard InChI is InChI=1S/C14H17NOS/c1-10-6-7-14(17-10)13(9-15)11-4-3-5-12(8-11)16-2/h3-8,13H,9,15H2,1-2H3. The highest BCUT2D eigenvalue weighted by Crippen LogP contribution is 2.31. The molecule has 1 heterocycles. The summed E-state index contributed by atoms with van der Waals surface area (Å²) in [6, 6.07) is 12.4. The third-order valence-electron chi connectivity index (χ3n) is 2.84. The minimum atomic E-state index is 0.267. The predicted octanol–water partition coefficient (Wildman–Crippen LogP) is 3.16. The van der Waals surface area contributed by atoms with Crippen LogP contribution in [0.25, 0.3) is 0 Å². The monoisotopic (exact) mass is 247 g/mol. The zero-order valence-corrected chi connectivity index (χ0v) is 11.0. The highest BCUT2D eigenvalue weighted by molar-refractivity contribution is 7.12. The number of thiophene rings is 1. The van der Waals surface area contributed by atoms with Gasteiger partial charge < -0.3 is 10.5 Å². The lowest BCUT2D eigenvalue weighted by atomic mass is 9.97. The third-order valence-corrected chi connectivity index (χ3v) is 3.95. The summed E-state index contributed by atoms with van der Waals surface area (Å²) in [7, 11) is 1.69. The molecule has 0 radical (unpaired) electrons. The van der Waals surface area contributed by atoms with Crippen LogP contribution >= 0.6 is 11.3 Å². The lowest BCUT2D eigenvalue weighted by Gasteiger charge is -2.14. The van der Waals surface area contributed by atoms with E-state index >= 15 is 0 Å². The lowest BCUT2D eigenvalue weighted by Crippen LogP contribution is -2.12. The molecule has 0 bridgehead atoms. The van der Waals surface area contributed by atoms with Crippen LogP contribution in [0.5, 0.6) is 5.75 Å². The fourth-order valence-electron chi connectivity index (χ4n) is 1.92. The van der Waals surface area contributed by atoms with Crippen molar-refractivity contribution in [3.63, 3.8) is 0 Å². The lowest BCUT2D eigenvalue weighted by molar-refractivity contribution is 0.414. The van der Waals surface area contributed by atoms with E-state index in [1.807, 2.05) is 23.5 Å². The summed E-state index contributed by atoms with van der Waals surface area (Å²) in [5, 5.41) is 0. The van der Waals surface area contributed by atoms with Gasteiger partial charge in [-0.1, -0.05) is 12.1 Å². The molecule has 0 aliphatic carbocycles. The second-order valence-corrected chi connectivity index (χ2v) is 5.33. The average Bonchev–Trinajstić information content (AvgIpc) is 2.77. The van der Waals surface area contributed by atoms with E-state index in [1.54, 1.807) is 7.11 Å². The van der Waals surface area contributed by atoms with Crippen molar-refractivity contribution in [1.29, 1.82) is 0 Å². The van der Waals surface area contributed by atoms with E-state index in [0.717, 1.165) is 5.75 Å². The summed E-state index contributed by atoms with van der Waals surface area (Å²) in [6.07, 6.45) is 0. The molecular weight excluding hydrogens is 230 g/mol. The molecule has 1 aromatic carbocycles. The number of ether oxygens (including phenoxy) is 1. The van der Waals surface area contributed by atoms with E-state index in [0.29, 0.717) is 6.54 Å². The summed E-state index contributed by atoms with van der Waals surface area (Å²) in [4.78, 5) is 2.64. The van der Waals surface area contributed by atoms with Crippen molar-refractivity contribution < 1.29 is 4.74 Å². The van der Waals surface area contributed by atoms with Crippen LogP contribution < -0.4 is 10.5 Å². The molecule has 0 saturated carbocycles. The van der Waals surface area contributed by atoms with E-state index in [1.165, 1.54) is 15.3 Å². The maximum Gasteiger partial charge on any atom is 0.119 e. The zero-order chi connectivity index (χ0) is 12.3. The second-order valence-electron chi connectivity index (χ2n) is 4.01. The van der Waals surface area contributed by atoms with Crippen molar-refractivity contribution in [1.82, 2.24) is 0 Å². The molecule has 1 unspecified atom stereocenters. The van der Waals surface area contributed by atoms with Crippen LogP contribution in [-0.2, 0) is 0 Å². The number of benzene rings is 1.